The molecule has 1 heterocycles. The average Bonchev–Trinajstić information content (AvgIpc) is 2.09. The number of hydrogen-bond donors (Lipinski definition) is 0. The van der Waals surface area contributed by atoms with Gasteiger partial charge in [0.15, 0.2) is 0 Å². The number of nitrogens with zero attached hydrogens (tertiary/aromatic N) is 1. The third-order valence-electron chi connectivity index (χ3n) is 1.44. The quantitative estimate of drug-likeness (QED) is 0.465. The average molecular weight is 474 g/mol. The molecule has 0 aliphatic heterocycles. The normalized spacial score (nSPS) is 10.9. The van der Waals surface area contributed by atoms with Gasteiger partial charge in [0.25, 0.3) is 6.43 Å². The van der Waals surface area contributed by atoms with E-state index in [1.807, 2.05) is 0 Å². The second-order valence-electron chi connectivity index (χ2n) is 2.22. The lowest BCUT2D eigenvalue weighted by Crippen LogP contribution is -2.01. The second-order valence-corrected chi connectivity index (χ2v) is 5.02. The van der Waals surface area contributed by atoms with E-state index in [2.05, 4.69) is 66.1 Å². The minimum absolute atomic E-state index is 0.123. The van der Waals surface area contributed by atoms with Crippen molar-refractivity contribution in [2.45, 2.75) is 11.8 Å². The summed E-state index contributed by atoms with van der Waals surface area (Å²) in [5.41, 5.74) is 0.462. The molecule has 0 aromatic carbocycles. The maximum atomic E-state index is 12.4. The van der Waals surface area contributed by atoms with Crippen LogP contribution in [0.15, 0.2) is 6.20 Å². The van der Waals surface area contributed by atoms with Crippen LogP contribution in [0.2, 0.25) is 0 Å². The van der Waals surface area contributed by atoms with Gasteiger partial charge in [0.05, 0.1) is 0 Å². The lowest BCUT2D eigenvalue weighted by atomic mass is 10.2. The summed E-state index contributed by atoms with van der Waals surface area (Å²) in [6.45, 7) is 0. The van der Waals surface area contributed by atoms with Crippen LogP contribution in [0.4, 0.5) is 8.78 Å². The maximum Gasteiger partial charge on any atom is 0.280 e. The number of halogens is 5. The molecule has 0 radical (unpaired) electrons. The predicted molar refractivity (Wildman–Crippen MR) is 67.3 cm³/mol. The first-order chi connectivity index (χ1) is 6.07. The van der Waals surface area contributed by atoms with Crippen LogP contribution in [-0.4, -0.2) is 4.98 Å². The first kappa shape index (κ1) is 12.0. The minimum Gasteiger partial charge on any atom is -0.254 e. The molecule has 1 aromatic rings. The zero-order chi connectivity index (χ0) is 10.0. The van der Waals surface area contributed by atoms with Gasteiger partial charge in [-0.3, -0.25) is 4.98 Å². The van der Waals surface area contributed by atoms with Gasteiger partial charge >= 0.3 is 0 Å². The van der Waals surface area contributed by atoms with E-state index in [0.29, 0.717) is 10.9 Å². The number of alkyl halides is 3. The largest absolute Gasteiger partial charge is 0.280 e. The molecule has 0 saturated carbocycles. The van der Waals surface area contributed by atoms with Gasteiger partial charge in [0, 0.05) is 24.2 Å². The van der Waals surface area contributed by atoms with Gasteiger partial charge in [-0.2, -0.15) is 0 Å². The van der Waals surface area contributed by atoms with E-state index >= 15 is 0 Å². The fourth-order valence-corrected chi connectivity index (χ4v) is 3.00. The summed E-state index contributed by atoms with van der Waals surface area (Å²) in [5.74, 6) is 0. The molecular formula is C7H4BrF2I2N. The third-order valence-corrected chi connectivity index (χ3v) is 5.08. The van der Waals surface area contributed by atoms with Crippen LogP contribution in [0, 0.1) is 7.14 Å². The Labute approximate surface area is 110 Å². The van der Waals surface area contributed by atoms with Crippen molar-refractivity contribution in [1.82, 2.24) is 4.98 Å². The first-order valence-corrected chi connectivity index (χ1v) is 6.52. The molecule has 0 aliphatic rings. The van der Waals surface area contributed by atoms with Crippen LogP contribution in [0.3, 0.4) is 0 Å². The highest BCUT2D eigenvalue weighted by Crippen LogP contribution is 2.28. The molecule has 0 spiro atoms. The predicted octanol–water partition coefficient (Wildman–Crippen LogP) is 4.12. The third kappa shape index (κ3) is 2.71. The first-order valence-electron chi connectivity index (χ1n) is 3.24. The Morgan fingerprint density at radius 1 is 1.46 bits per heavy atom. The van der Waals surface area contributed by atoms with E-state index in [4.69, 9.17) is 0 Å². The van der Waals surface area contributed by atoms with Crippen LogP contribution in [0.25, 0.3) is 0 Å². The Bertz CT molecular complexity index is 320. The van der Waals surface area contributed by atoms with E-state index in [1.54, 1.807) is 0 Å². The van der Waals surface area contributed by atoms with E-state index in [0.717, 1.165) is 7.14 Å². The summed E-state index contributed by atoms with van der Waals surface area (Å²) < 4.78 is 26.6. The summed E-state index contributed by atoms with van der Waals surface area (Å²) in [4.78, 5) is 3.72. The molecule has 0 saturated heterocycles. The topological polar surface area (TPSA) is 12.9 Å². The zero-order valence-electron chi connectivity index (χ0n) is 6.20. The van der Waals surface area contributed by atoms with Gasteiger partial charge in [-0.15, -0.1) is 0 Å². The number of rotatable bonds is 2. The van der Waals surface area contributed by atoms with E-state index in [1.165, 1.54) is 6.20 Å². The molecule has 0 N–H and O–H groups in total. The maximum absolute atomic E-state index is 12.4. The number of aromatic nitrogens is 1. The SMILES string of the molecule is FC(F)c1ncc(I)c(I)c1CBr. The Balaban J connectivity index is 3.30. The summed E-state index contributed by atoms with van der Waals surface area (Å²) in [7, 11) is 0. The molecule has 0 fully saturated rings. The Kier molecular flexibility index (Phi) is 4.76. The highest BCUT2D eigenvalue weighted by atomic mass is 127. The minimum atomic E-state index is -2.50. The van der Waals surface area contributed by atoms with Crippen LogP contribution in [0.5, 0.6) is 0 Å². The lowest BCUT2D eigenvalue weighted by Gasteiger charge is -2.08. The van der Waals surface area contributed by atoms with Gasteiger partial charge in [-0.1, -0.05) is 15.9 Å². The number of pyridine rings is 1. The Morgan fingerprint density at radius 2 is 2.08 bits per heavy atom. The number of hydrogen-bond acceptors (Lipinski definition) is 1. The van der Waals surface area contributed by atoms with Gasteiger partial charge < -0.3 is 0 Å². The fourth-order valence-electron chi connectivity index (χ4n) is 0.833. The molecule has 13 heavy (non-hydrogen) atoms. The highest BCUT2D eigenvalue weighted by Gasteiger charge is 2.17. The standard InChI is InChI=1S/C7H4BrF2I2N/c8-1-3-5(12)4(11)2-13-6(3)7(9)10/h2,7H,1H2. The molecule has 0 unspecified atom stereocenters. The van der Waals surface area contributed by atoms with Crippen LogP contribution < -0.4 is 0 Å². The smallest absolute Gasteiger partial charge is 0.254 e. The summed E-state index contributed by atoms with van der Waals surface area (Å²) in [5, 5.41) is 0.411. The molecule has 0 aliphatic carbocycles. The van der Waals surface area contributed by atoms with Crippen molar-refractivity contribution in [3.05, 3.63) is 24.6 Å². The molecular weight excluding hydrogens is 470 g/mol. The molecule has 72 valence electrons. The molecule has 1 aromatic heterocycles. The van der Waals surface area contributed by atoms with Crippen LogP contribution in [-0.2, 0) is 5.33 Å². The van der Waals surface area contributed by atoms with Crippen molar-refractivity contribution in [1.29, 1.82) is 0 Å². The van der Waals surface area contributed by atoms with E-state index in [-0.39, 0.29) is 5.69 Å². The monoisotopic (exact) mass is 473 g/mol. The molecule has 0 bridgehead atoms. The van der Waals surface area contributed by atoms with Crippen molar-refractivity contribution in [2.24, 2.45) is 0 Å². The molecule has 1 nitrogen and oxygen atoms in total. The van der Waals surface area contributed by atoms with Crippen molar-refractivity contribution in [2.75, 3.05) is 0 Å². The summed E-state index contributed by atoms with van der Waals surface area (Å²) in [6.07, 6.45) is -1.03. The van der Waals surface area contributed by atoms with Crippen molar-refractivity contribution in [3.8, 4) is 0 Å². The lowest BCUT2D eigenvalue weighted by molar-refractivity contribution is 0.145. The molecule has 1 rings (SSSR count). The van der Waals surface area contributed by atoms with Crippen LogP contribution in [0.1, 0.15) is 17.7 Å². The molecule has 0 atom stereocenters. The van der Waals surface area contributed by atoms with Crippen molar-refractivity contribution >= 4 is 61.1 Å². The molecule has 0 amide bonds. The highest BCUT2D eigenvalue weighted by molar-refractivity contribution is 14.1. The van der Waals surface area contributed by atoms with Gasteiger partial charge in [-0.05, 0) is 45.2 Å². The fraction of sp³-hybridized carbons (Fsp3) is 0.286. The van der Waals surface area contributed by atoms with Gasteiger partial charge in [0.2, 0.25) is 0 Å². The summed E-state index contributed by atoms with van der Waals surface area (Å²) >= 11 is 7.31. The second kappa shape index (κ2) is 5.15. The Hall–Kier alpha value is 0.950. The van der Waals surface area contributed by atoms with Crippen molar-refractivity contribution < 1.29 is 8.78 Å². The zero-order valence-corrected chi connectivity index (χ0v) is 12.1. The Morgan fingerprint density at radius 3 is 2.54 bits per heavy atom. The van der Waals surface area contributed by atoms with E-state index in [9.17, 15) is 8.78 Å². The van der Waals surface area contributed by atoms with Crippen molar-refractivity contribution in [3.63, 3.8) is 0 Å². The summed E-state index contributed by atoms with van der Waals surface area (Å²) in [6, 6.07) is 0. The van der Waals surface area contributed by atoms with Gasteiger partial charge in [-0.25, -0.2) is 8.78 Å². The van der Waals surface area contributed by atoms with Gasteiger partial charge in [0.1, 0.15) is 5.69 Å². The van der Waals surface area contributed by atoms with Crippen LogP contribution >= 0.6 is 61.1 Å². The van der Waals surface area contributed by atoms with E-state index < -0.39 is 6.43 Å². The molecule has 6 heteroatoms.